The summed E-state index contributed by atoms with van der Waals surface area (Å²) in [5, 5.41) is 7.60. The van der Waals surface area contributed by atoms with Crippen molar-refractivity contribution in [3.05, 3.63) is 70.5 Å². The van der Waals surface area contributed by atoms with Gasteiger partial charge >= 0.3 is 12.1 Å². The summed E-state index contributed by atoms with van der Waals surface area (Å²) in [6.45, 7) is 11.3. The van der Waals surface area contributed by atoms with Gasteiger partial charge in [0.15, 0.2) is 5.78 Å². The third-order valence-corrected chi connectivity index (χ3v) is 10.6. The van der Waals surface area contributed by atoms with Crippen molar-refractivity contribution in [2.45, 2.75) is 64.0 Å². The summed E-state index contributed by atoms with van der Waals surface area (Å²) in [7, 11) is -1.53. The molecular weight excluding hydrogens is 603 g/mol. The Morgan fingerprint density at radius 2 is 1.71 bits per heavy atom. The van der Waals surface area contributed by atoms with Crippen LogP contribution in [0.25, 0.3) is 16.6 Å². The van der Waals surface area contributed by atoms with Gasteiger partial charge in [0, 0.05) is 31.2 Å². The molecule has 0 spiro atoms. The molecule has 0 N–H and O–H groups in total. The van der Waals surface area contributed by atoms with Crippen LogP contribution in [0.2, 0.25) is 25.7 Å². The molecule has 1 heterocycles. The Hall–Kier alpha value is -3.80. The quantitative estimate of drug-likeness (QED) is 0.128. The van der Waals surface area contributed by atoms with Crippen LogP contribution in [-0.2, 0) is 15.7 Å². The standard InChI is InChI=1S/C33H38F3N3O5Si/c1-20(39-31(41)27-18-23(33(34,35)36)10-15-28(27)37-38-39)25-13-14-26(29(25)32(42)43-16-17-45(2,3)4)30(40)22-8-11-24(12-9-22)44-19-21-6-5-7-21/h8-12,15,18,21,25-26,29H,1,5-7,13-14,16-17,19H2,2-4H3. The number of hydrogen-bond donors (Lipinski definition) is 0. The van der Waals surface area contributed by atoms with E-state index in [2.05, 4.69) is 36.5 Å². The first kappa shape index (κ1) is 32.6. The molecule has 12 heteroatoms. The summed E-state index contributed by atoms with van der Waals surface area (Å²) in [6, 6.07) is 10.3. The summed E-state index contributed by atoms with van der Waals surface area (Å²) in [5.41, 5.74) is -1.33. The van der Waals surface area contributed by atoms with E-state index in [1.54, 1.807) is 24.3 Å². The highest BCUT2D eigenvalue weighted by atomic mass is 28.3. The van der Waals surface area contributed by atoms with Crippen molar-refractivity contribution in [2.75, 3.05) is 13.2 Å². The fourth-order valence-electron chi connectivity index (χ4n) is 5.92. The number of nitrogens with zero attached hydrogens (tertiary/aromatic N) is 3. The Balaban J connectivity index is 1.41. The van der Waals surface area contributed by atoms with Crippen LogP contribution in [-0.4, -0.2) is 48.0 Å². The van der Waals surface area contributed by atoms with E-state index in [-0.39, 0.29) is 29.0 Å². The second-order valence-electron chi connectivity index (χ2n) is 13.3. The summed E-state index contributed by atoms with van der Waals surface area (Å²) < 4.78 is 52.6. The van der Waals surface area contributed by atoms with Gasteiger partial charge in [-0.2, -0.15) is 17.9 Å². The number of benzene rings is 2. The minimum Gasteiger partial charge on any atom is -0.493 e. The van der Waals surface area contributed by atoms with Crippen molar-refractivity contribution in [3.8, 4) is 5.75 Å². The lowest BCUT2D eigenvalue weighted by Gasteiger charge is -2.25. The van der Waals surface area contributed by atoms with Crippen molar-refractivity contribution in [1.82, 2.24) is 15.0 Å². The molecular formula is C33H38F3N3O5Si. The number of rotatable bonds is 11. The largest absolute Gasteiger partial charge is 0.493 e. The maximum Gasteiger partial charge on any atom is 0.416 e. The van der Waals surface area contributed by atoms with Crippen LogP contribution in [0.15, 0.2) is 53.8 Å². The highest BCUT2D eigenvalue weighted by Gasteiger charge is 2.47. The minimum atomic E-state index is -4.66. The van der Waals surface area contributed by atoms with E-state index in [1.165, 1.54) is 6.42 Å². The van der Waals surface area contributed by atoms with Gasteiger partial charge in [-0.05, 0) is 80.1 Å². The summed E-state index contributed by atoms with van der Waals surface area (Å²) in [5.74, 6) is -2.03. The average molecular weight is 642 g/mol. The van der Waals surface area contributed by atoms with Crippen molar-refractivity contribution in [3.63, 3.8) is 0 Å². The van der Waals surface area contributed by atoms with Gasteiger partial charge in [0.1, 0.15) is 11.3 Å². The molecule has 0 bridgehead atoms. The van der Waals surface area contributed by atoms with Crippen LogP contribution in [0.4, 0.5) is 13.2 Å². The third-order valence-electron chi connectivity index (χ3n) is 8.90. The second-order valence-corrected chi connectivity index (χ2v) is 18.9. The van der Waals surface area contributed by atoms with Crippen LogP contribution >= 0.6 is 0 Å². The number of carbonyl (C=O) groups is 2. The maximum atomic E-state index is 13.8. The van der Waals surface area contributed by atoms with Gasteiger partial charge in [-0.15, -0.1) is 5.10 Å². The van der Waals surface area contributed by atoms with E-state index < -0.39 is 49.1 Å². The molecule has 5 rings (SSSR count). The molecule has 2 aromatic carbocycles. The zero-order chi connectivity index (χ0) is 32.5. The number of Topliss-reactive ketones (excluding diaryl/α,β-unsaturated/α-hetero) is 1. The number of ketones is 1. The number of allylic oxidation sites excluding steroid dienone is 1. The number of halogens is 3. The number of carbonyl (C=O) groups excluding carboxylic acids is 2. The predicted molar refractivity (Wildman–Crippen MR) is 167 cm³/mol. The van der Waals surface area contributed by atoms with Crippen molar-refractivity contribution in [2.24, 2.45) is 23.7 Å². The molecule has 0 amide bonds. The van der Waals surface area contributed by atoms with Crippen molar-refractivity contribution in [1.29, 1.82) is 0 Å². The highest BCUT2D eigenvalue weighted by molar-refractivity contribution is 6.76. The first-order chi connectivity index (χ1) is 21.2. The Morgan fingerprint density at radius 3 is 2.33 bits per heavy atom. The normalized spacial score (nSPS) is 20.5. The summed E-state index contributed by atoms with van der Waals surface area (Å²) >= 11 is 0. The van der Waals surface area contributed by atoms with E-state index in [1.807, 2.05) is 0 Å². The fraction of sp³-hybridized carbons (Fsp3) is 0.485. The molecule has 0 aliphatic heterocycles. The second kappa shape index (κ2) is 12.9. The van der Waals surface area contributed by atoms with E-state index in [9.17, 15) is 27.6 Å². The molecule has 2 fully saturated rings. The molecule has 3 aromatic rings. The lowest BCUT2D eigenvalue weighted by atomic mass is 9.83. The Kier molecular flexibility index (Phi) is 9.34. The smallest absolute Gasteiger partial charge is 0.416 e. The number of hydrogen-bond acceptors (Lipinski definition) is 7. The topological polar surface area (TPSA) is 100 Å². The highest BCUT2D eigenvalue weighted by Crippen LogP contribution is 2.44. The van der Waals surface area contributed by atoms with Gasteiger partial charge < -0.3 is 9.47 Å². The minimum absolute atomic E-state index is 0.000976. The number of aromatic nitrogens is 3. The molecule has 8 nitrogen and oxygen atoms in total. The molecule has 2 aliphatic rings. The predicted octanol–water partition coefficient (Wildman–Crippen LogP) is 6.87. The number of esters is 1. The Bertz CT molecular complexity index is 1640. The SMILES string of the molecule is C=C(C1CCC(C(=O)c2ccc(OCC3CCC3)cc2)C1C(=O)OCC[Si](C)(C)C)n1nnc2ccc(C(F)(F)F)cc2c1=O. The third kappa shape index (κ3) is 7.37. The molecule has 240 valence electrons. The maximum absolute atomic E-state index is 13.8. The van der Waals surface area contributed by atoms with Crippen LogP contribution in [0.5, 0.6) is 5.75 Å². The number of alkyl halides is 3. The van der Waals surface area contributed by atoms with E-state index in [0.29, 0.717) is 36.7 Å². The molecule has 2 aliphatic carbocycles. The van der Waals surface area contributed by atoms with Gasteiger partial charge in [-0.1, -0.05) is 37.9 Å². The molecule has 0 radical (unpaired) electrons. The van der Waals surface area contributed by atoms with E-state index >= 15 is 0 Å². The van der Waals surface area contributed by atoms with Crippen LogP contribution in [0, 0.1) is 23.7 Å². The first-order valence-electron chi connectivity index (χ1n) is 15.3. The molecule has 2 saturated carbocycles. The first-order valence-corrected chi connectivity index (χ1v) is 19.0. The van der Waals surface area contributed by atoms with Crippen LogP contribution in [0.3, 0.4) is 0 Å². The van der Waals surface area contributed by atoms with E-state index in [4.69, 9.17) is 9.47 Å². The van der Waals surface area contributed by atoms with Gasteiger partial charge in [0.2, 0.25) is 0 Å². The zero-order valence-corrected chi connectivity index (χ0v) is 26.7. The average Bonchev–Trinajstić information content (AvgIpc) is 3.40. The van der Waals surface area contributed by atoms with Gasteiger partial charge in [0.05, 0.1) is 30.1 Å². The lowest BCUT2D eigenvalue weighted by Crippen LogP contribution is -2.35. The molecule has 3 unspecified atom stereocenters. The number of ether oxygens (including phenoxy) is 2. The lowest BCUT2D eigenvalue weighted by molar-refractivity contribution is -0.149. The Morgan fingerprint density at radius 1 is 1.02 bits per heavy atom. The Labute approximate surface area is 260 Å². The van der Waals surface area contributed by atoms with Gasteiger partial charge in [-0.25, -0.2) is 0 Å². The molecule has 3 atom stereocenters. The van der Waals surface area contributed by atoms with Gasteiger partial charge in [0.25, 0.3) is 5.56 Å². The number of fused-ring (bicyclic) bond motifs is 1. The summed E-state index contributed by atoms with van der Waals surface area (Å²) in [6.07, 6.45) is -0.475. The monoisotopic (exact) mass is 641 g/mol. The van der Waals surface area contributed by atoms with Crippen molar-refractivity contribution >= 4 is 36.4 Å². The van der Waals surface area contributed by atoms with Crippen LogP contribution < -0.4 is 10.3 Å². The van der Waals surface area contributed by atoms with E-state index in [0.717, 1.165) is 41.8 Å². The molecule has 1 aromatic heterocycles. The van der Waals surface area contributed by atoms with Crippen LogP contribution in [0.1, 0.15) is 48.0 Å². The zero-order valence-electron chi connectivity index (χ0n) is 25.7. The molecule has 0 saturated heterocycles. The molecule has 45 heavy (non-hydrogen) atoms. The van der Waals surface area contributed by atoms with Gasteiger partial charge in [-0.3, -0.25) is 14.4 Å². The van der Waals surface area contributed by atoms with Crippen molar-refractivity contribution < 1.29 is 32.2 Å². The summed E-state index contributed by atoms with van der Waals surface area (Å²) in [4.78, 5) is 40.9. The fourth-order valence-corrected chi connectivity index (χ4v) is 6.63.